The van der Waals surface area contributed by atoms with Crippen LogP contribution in [0.25, 0.3) is 0 Å². The van der Waals surface area contributed by atoms with Crippen LogP contribution in [0, 0.1) is 0 Å². The highest BCUT2D eigenvalue weighted by molar-refractivity contribution is 6.20. The van der Waals surface area contributed by atoms with Gasteiger partial charge in [-0.2, -0.15) is 0 Å². The van der Waals surface area contributed by atoms with Crippen molar-refractivity contribution in [2.24, 2.45) is 0 Å². The first kappa shape index (κ1) is 14.8. The zero-order valence-corrected chi connectivity index (χ0v) is 11.7. The number of hydrogen-bond donors (Lipinski definition) is 1. The van der Waals surface area contributed by atoms with Crippen LogP contribution in [0.4, 0.5) is 0 Å². The minimum atomic E-state index is 0.0439. The van der Waals surface area contributed by atoms with Gasteiger partial charge in [-0.1, -0.05) is 12.1 Å². The smallest absolute Gasteiger partial charge is 0.224 e. The van der Waals surface area contributed by atoms with E-state index in [1.54, 1.807) is 7.11 Å². The standard InChI is InChI=1S/C14H20ClNO2/c1-11(15)4-3-9-16-14(17)10-12-5-7-13(18-2)8-6-12/h5-8,11H,3-4,9-10H2,1-2H3,(H,16,17). The molecule has 0 heterocycles. The Morgan fingerprint density at radius 2 is 2.06 bits per heavy atom. The van der Waals surface area contributed by atoms with Crippen molar-refractivity contribution < 1.29 is 9.53 Å². The fourth-order valence-corrected chi connectivity index (χ4v) is 1.76. The minimum Gasteiger partial charge on any atom is -0.497 e. The number of nitrogens with one attached hydrogen (secondary N) is 1. The molecule has 1 unspecified atom stereocenters. The molecule has 0 saturated heterocycles. The molecule has 1 atom stereocenters. The van der Waals surface area contributed by atoms with Crippen LogP contribution in [0.2, 0.25) is 0 Å². The van der Waals surface area contributed by atoms with E-state index in [2.05, 4.69) is 5.32 Å². The molecule has 1 aromatic rings. The van der Waals surface area contributed by atoms with Crippen LogP contribution in [0.3, 0.4) is 0 Å². The number of rotatable bonds is 7. The minimum absolute atomic E-state index is 0.0439. The van der Waals surface area contributed by atoms with Crippen molar-refractivity contribution >= 4 is 17.5 Å². The third-order valence-corrected chi connectivity index (χ3v) is 2.84. The maximum absolute atomic E-state index is 11.6. The van der Waals surface area contributed by atoms with Gasteiger partial charge in [0.25, 0.3) is 0 Å². The molecule has 100 valence electrons. The molecular formula is C14H20ClNO2. The van der Waals surface area contributed by atoms with Crippen LogP contribution >= 0.6 is 11.6 Å². The number of hydrogen-bond acceptors (Lipinski definition) is 2. The van der Waals surface area contributed by atoms with Crippen LogP contribution in [-0.4, -0.2) is 24.9 Å². The predicted molar refractivity (Wildman–Crippen MR) is 74.3 cm³/mol. The van der Waals surface area contributed by atoms with Gasteiger partial charge in [0, 0.05) is 11.9 Å². The molecule has 1 amide bonds. The zero-order valence-electron chi connectivity index (χ0n) is 10.9. The van der Waals surface area contributed by atoms with E-state index < -0.39 is 0 Å². The first-order chi connectivity index (χ1) is 8.61. The van der Waals surface area contributed by atoms with Crippen molar-refractivity contribution in [2.75, 3.05) is 13.7 Å². The summed E-state index contributed by atoms with van der Waals surface area (Å²) in [5.41, 5.74) is 0.985. The lowest BCUT2D eigenvalue weighted by atomic mass is 10.1. The van der Waals surface area contributed by atoms with Gasteiger partial charge < -0.3 is 10.1 Å². The van der Waals surface area contributed by atoms with E-state index in [4.69, 9.17) is 16.3 Å². The van der Waals surface area contributed by atoms with Crippen LogP contribution < -0.4 is 10.1 Å². The van der Waals surface area contributed by atoms with E-state index >= 15 is 0 Å². The summed E-state index contributed by atoms with van der Waals surface area (Å²) in [6, 6.07) is 7.52. The van der Waals surface area contributed by atoms with E-state index in [1.807, 2.05) is 31.2 Å². The average molecular weight is 270 g/mol. The van der Waals surface area contributed by atoms with Crippen molar-refractivity contribution in [3.63, 3.8) is 0 Å². The first-order valence-corrected chi connectivity index (χ1v) is 6.59. The van der Waals surface area contributed by atoms with Crippen LogP contribution in [-0.2, 0) is 11.2 Å². The Hall–Kier alpha value is -1.22. The van der Waals surface area contributed by atoms with Gasteiger partial charge in [-0.3, -0.25) is 4.79 Å². The summed E-state index contributed by atoms with van der Waals surface area (Å²) in [5.74, 6) is 0.845. The van der Waals surface area contributed by atoms with Gasteiger partial charge in [0.1, 0.15) is 5.75 Å². The number of alkyl halides is 1. The predicted octanol–water partition coefficient (Wildman–Crippen LogP) is 2.76. The lowest BCUT2D eigenvalue weighted by molar-refractivity contribution is -0.120. The summed E-state index contributed by atoms with van der Waals surface area (Å²) < 4.78 is 5.06. The third-order valence-electron chi connectivity index (χ3n) is 2.62. The molecule has 0 bridgehead atoms. The van der Waals surface area contributed by atoms with Gasteiger partial charge in [-0.05, 0) is 37.5 Å². The Morgan fingerprint density at radius 3 is 2.61 bits per heavy atom. The van der Waals surface area contributed by atoms with Gasteiger partial charge in [-0.15, -0.1) is 11.6 Å². The molecule has 3 nitrogen and oxygen atoms in total. The Labute approximate surface area is 113 Å². The molecule has 0 aliphatic heterocycles. The molecule has 0 spiro atoms. The number of methoxy groups -OCH3 is 1. The van der Waals surface area contributed by atoms with Gasteiger partial charge in [0.05, 0.1) is 13.5 Å². The number of ether oxygens (including phenoxy) is 1. The number of halogens is 1. The summed E-state index contributed by atoms with van der Waals surface area (Å²) in [6.07, 6.45) is 2.24. The normalized spacial score (nSPS) is 11.9. The lowest BCUT2D eigenvalue weighted by Gasteiger charge is -2.06. The summed E-state index contributed by atoms with van der Waals surface area (Å²) in [7, 11) is 1.62. The molecule has 0 aliphatic carbocycles. The Bertz CT molecular complexity index is 363. The average Bonchev–Trinajstić information content (AvgIpc) is 2.35. The molecule has 0 saturated carbocycles. The summed E-state index contributed by atoms with van der Waals surface area (Å²) in [6.45, 7) is 2.65. The first-order valence-electron chi connectivity index (χ1n) is 6.15. The van der Waals surface area contributed by atoms with Crippen molar-refractivity contribution in [3.8, 4) is 5.75 Å². The molecule has 0 radical (unpaired) electrons. The molecule has 4 heteroatoms. The van der Waals surface area contributed by atoms with Crippen molar-refractivity contribution in [1.82, 2.24) is 5.32 Å². The van der Waals surface area contributed by atoms with Gasteiger partial charge in [0.15, 0.2) is 0 Å². The van der Waals surface area contributed by atoms with Crippen molar-refractivity contribution in [2.45, 2.75) is 31.6 Å². The van der Waals surface area contributed by atoms with Gasteiger partial charge in [-0.25, -0.2) is 0 Å². The second-order valence-corrected chi connectivity index (χ2v) is 5.04. The summed E-state index contributed by atoms with van der Waals surface area (Å²) >= 11 is 5.83. The highest BCUT2D eigenvalue weighted by atomic mass is 35.5. The Balaban J connectivity index is 2.26. The van der Waals surface area contributed by atoms with Crippen LogP contribution in [0.1, 0.15) is 25.3 Å². The number of amides is 1. The van der Waals surface area contributed by atoms with Crippen LogP contribution in [0.15, 0.2) is 24.3 Å². The second-order valence-electron chi connectivity index (χ2n) is 4.30. The van der Waals surface area contributed by atoms with E-state index in [9.17, 15) is 4.79 Å². The van der Waals surface area contributed by atoms with E-state index in [0.717, 1.165) is 24.2 Å². The molecule has 0 aliphatic rings. The van der Waals surface area contributed by atoms with E-state index in [0.29, 0.717) is 13.0 Å². The molecular weight excluding hydrogens is 250 g/mol. The lowest BCUT2D eigenvalue weighted by Crippen LogP contribution is -2.26. The monoisotopic (exact) mass is 269 g/mol. The van der Waals surface area contributed by atoms with Crippen LogP contribution in [0.5, 0.6) is 5.75 Å². The van der Waals surface area contributed by atoms with Crippen molar-refractivity contribution in [3.05, 3.63) is 29.8 Å². The molecule has 0 aromatic heterocycles. The van der Waals surface area contributed by atoms with E-state index in [-0.39, 0.29) is 11.3 Å². The maximum atomic E-state index is 11.6. The number of carbonyl (C=O) groups excluding carboxylic acids is 1. The highest BCUT2D eigenvalue weighted by Gasteiger charge is 2.03. The van der Waals surface area contributed by atoms with Gasteiger partial charge >= 0.3 is 0 Å². The second kappa shape index (κ2) is 7.98. The fraction of sp³-hybridized carbons (Fsp3) is 0.500. The van der Waals surface area contributed by atoms with Crippen molar-refractivity contribution in [1.29, 1.82) is 0 Å². The molecule has 0 fully saturated rings. The largest absolute Gasteiger partial charge is 0.497 e. The topological polar surface area (TPSA) is 38.3 Å². The molecule has 1 rings (SSSR count). The Morgan fingerprint density at radius 1 is 1.39 bits per heavy atom. The molecule has 18 heavy (non-hydrogen) atoms. The fourth-order valence-electron chi connectivity index (χ4n) is 1.60. The number of benzene rings is 1. The quantitative estimate of drug-likeness (QED) is 0.611. The molecule has 1 N–H and O–H groups in total. The SMILES string of the molecule is COc1ccc(CC(=O)NCCCC(C)Cl)cc1. The zero-order chi connectivity index (χ0) is 13.4. The molecule has 1 aromatic carbocycles. The summed E-state index contributed by atoms with van der Waals surface area (Å²) in [5, 5.41) is 3.06. The Kier molecular flexibility index (Phi) is 6.58. The highest BCUT2D eigenvalue weighted by Crippen LogP contribution is 2.11. The summed E-state index contributed by atoms with van der Waals surface area (Å²) in [4.78, 5) is 11.6. The maximum Gasteiger partial charge on any atom is 0.224 e. The number of carbonyl (C=O) groups is 1. The van der Waals surface area contributed by atoms with E-state index in [1.165, 1.54) is 0 Å². The van der Waals surface area contributed by atoms with Gasteiger partial charge in [0.2, 0.25) is 5.91 Å². The third kappa shape index (κ3) is 5.92.